The standard InChI is InChI=1S/C22H29N7O2.HI/c1-16-7-9-17(10-8-16)20-26-18(15-31-20)14-25-21(23-2)24-11-5-13-29-22(30)28-12-4-3-6-19(28)27-29;/h7-10,15H,3-6,11-14H2,1-2H3,(H2,23,24,25);1H. The van der Waals surface area contributed by atoms with E-state index in [9.17, 15) is 4.79 Å². The Balaban J connectivity index is 0.00000289. The minimum absolute atomic E-state index is 0. The highest BCUT2D eigenvalue weighted by Crippen LogP contribution is 2.19. The van der Waals surface area contributed by atoms with Crippen LogP contribution in [0.25, 0.3) is 11.5 Å². The highest BCUT2D eigenvalue weighted by atomic mass is 127. The molecular formula is C22H30IN7O2. The van der Waals surface area contributed by atoms with Gasteiger partial charge in [0.1, 0.15) is 12.1 Å². The lowest BCUT2D eigenvalue weighted by Gasteiger charge is -2.10. The Labute approximate surface area is 204 Å². The van der Waals surface area contributed by atoms with Crippen LogP contribution in [0.15, 0.2) is 44.7 Å². The number of benzene rings is 1. The summed E-state index contributed by atoms with van der Waals surface area (Å²) in [6.45, 7) is 4.61. The Morgan fingerprint density at radius 3 is 2.78 bits per heavy atom. The van der Waals surface area contributed by atoms with Crippen molar-refractivity contribution in [3.05, 3.63) is 58.1 Å². The first-order valence-electron chi connectivity index (χ1n) is 10.8. The fourth-order valence-electron chi connectivity index (χ4n) is 3.64. The van der Waals surface area contributed by atoms with Gasteiger partial charge in [-0.2, -0.15) is 5.10 Å². The number of aromatic nitrogens is 4. The van der Waals surface area contributed by atoms with Crippen LogP contribution in [-0.2, 0) is 26.1 Å². The Morgan fingerprint density at radius 1 is 1.22 bits per heavy atom. The number of oxazole rings is 1. The number of hydrogen-bond donors (Lipinski definition) is 2. The fourth-order valence-corrected chi connectivity index (χ4v) is 3.64. The van der Waals surface area contributed by atoms with Gasteiger partial charge in [-0.3, -0.25) is 9.56 Å². The average Bonchev–Trinajstić information content (AvgIpc) is 3.39. The molecule has 0 unspecified atom stereocenters. The Kier molecular flexibility index (Phi) is 8.48. The van der Waals surface area contributed by atoms with Gasteiger partial charge >= 0.3 is 5.69 Å². The van der Waals surface area contributed by atoms with Gasteiger partial charge in [0, 0.05) is 38.7 Å². The highest BCUT2D eigenvalue weighted by Gasteiger charge is 2.16. The molecule has 2 aromatic heterocycles. The van der Waals surface area contributed by atoms with Crippen molar-refractivity contribution in [3.63, 3.8) is 0 Å². The number of aliphatic imine (C=N–C) groups is 1. The summed E-state index contributed by atoms with van der Waals surface area (Å²) in [5.41, 5.74) is 2.96. The fraction of sp³-hybridized carbons (Fsp3) is 0.455. The molecule has 172 valence electrons. The maximum atomic E-state index is 12.4. The highest BCUT2D eigenvalue weighted by molar-refractivity contribution is 14.0. The monoisotopic (exact) mass is 551 g/mol. The SMILES string of the molecule is CN=C(NCCCn1nc2n(c1=O)CCCC2)NCc1coc(-c2ccc(C)cc2)n1.I. The van der Waals surface area contributed by atoms with Crippen LogP contribution in [0.1, 0.15) is 36.3 Å². The summed E-state index contributed by atoms with van der Waals surface area (Å²) < 4.78 is 8.99. The van der Waals surface area contributed by atoms with Gasteiger partial charge in [0.25, 0.3) is 0 Å². The zero-order chi connectivity index (χ0) is 21.6. The molecule has 0 aliphatic carbocycles. The van der Waals surface area contributed by atoms with Crippen molar-refractivity contribution < 1.29 is 4.42 Å². The number of nitrogens with one attached hydrogen (secondary N) is 2. The van der Waals surface area contributed by atoms with Crippen LogP contribution in [-0.4, -0.2) is 38.9 Å². The Bertz CT molecular complexity index is 1100. The molecule has 0 spiro atoms. The third kappa shape index (κ3) is 5.78. The maximum Gasteiger partial charge on any atom is 0.345 e. The van der Waals surface area contributed by atoms with E-state index in [0.717, 1.165) is 49.3 Å². The number of guanidine groups is 1. The first kappa shape index (κ1) is 24.0. The van der Waals surface area contributed by atoms with Gasteiger partial charge in [0.15, 0.2) is 5.96 Å². The van der Waals surface area contributed by atoms with Crippen LogP contribution in [0.4, 0.5) is 0 Å². The summed E-state index contributed by atoms with van der Waals surface area (Å²) in [4.78, 5) is 21.1. The van der Waals surface area contributed by atoms with Gasteiger partial charge in [-0.15, -0.1) is 24.0 Å². The Hall–Kier alpha value is -2.63. The van der Waals surface area contributed by atoms with E-state index in [1.54, 1.807) is 22.6 Å². The first-order chi connectivity index (χ1) is 15.1. The number of nitrogens with zero attached hydrogens (tertiary/aromatic N) is 5. The summed E-state index contributed by atoms with van der Waals surface area (Å²) in [5.74, 6) is 2.20. The van der Waals surface area contributed by atoms with Crippen LogP contribution >= 0.6 is 24.0 Å². The van der Waals surface area contributed by atoms with E-state index in [1.165, 1.54) is 5.56 Å². The van der Waals surface area contributed by atoms with Crippen molar-refractivity contribution in [1.29, 1.82) is 0 Å². The van der Waals surface area contributed by atoms with E-state index in [1.807, 2.05) is 31.2 Å². The van der Waals surface area contributed by atoms with Crippen LogP contribution in [0.5, 0.6) is 0 Å². The molecule has 3 aromatic rings. The second-order valence-electron chi connectivity index (χ2n) is 7.75. The summed E-state index contributed by atoms with van der Waals surface area (Å²) in [6, 6.07) is 8.08. The minimum Gasteiger partial charge on any atom is -0.444 e. The molecule has 0 fully saturated rings. The molecule has 1 aliphatic rings. The van der Waals surface area contributed by atoms with Crippen molar-refractivity contribution in [1.82, 2.24) is 30.0 Å². The quantitative estimate of drug-likeness (QED) is 0.203. The van der Waals surface area contributed by atoms with E-state index >= 15 is 0 Å². The minimum atomic E-state index is 0. The summed E-state index contributed by atoms with van der Waals surface area (Å²) in [7, 11) is 1.73. The van der Waals surface area contributed by atoms with E-state index in [-0.39, 0.29) is 29.7 Å². The number of rotatable bonds is 7. The van der Waals surface area contributed by atoms with E-state index in [4.69, 9.17) is 4.42 Å². The van der Waals surface area contributed by atoms with E-state index in [2.05, 4.69) is 25.7 Å². The molecular weight excluding hydrogens is 521 g/mol. The van der Waals surface area contributed by atoms with Crippen LogP contribution in [0.3, 0.4) is 0 Å². The van der Waals surface area contributed by atoms with Gasteiger partial charge in [-0.1, -0.05) is 17.7 Å². The van der Waals surface area contributed by atoms with Gasteiger partial charge in [-0.05, 0) is 38.3 Å². The lowest BCUT2D eigenvalue weighted by Crippen LogP contribution is -2.38. The molecule has 1 aromatic carbocycles. The lowest BCUT2D eigenvalue weighted by atomic mass is 10.1. The molecule has 32 heavy (non-hydrogen) atoms. The van der Waals surface area contributed by atoms with Crippen LogP contribution in [0, 0.1) is 6.92 Å². The number of halogens is 1. The van der Waals surface area contributed by atoms with E-state index < -0.39 is 0 Å². The zero-order valence-electron chi connectivity index (χ0n) is 18.5. The molecule has 0 saturated heterocycles. The average molecular weight is 551 g/mol. The molecule has 2 N–H and O–H groups in total. The molecule has 4 rings (SSSR count). The predicted octanol–water partition coefficient (Wildman–Crippen LogP) is 2.72. The van der Waals surface area contributed by atoms with Crippen molar-refractivity contribution in [2.75, 3.05) is 13.6 Å². The molecule has 10 heteroatoms. The number of aryl methyl sites for hydroxylation is 3. The van der Waals surface area contributed by atoms with Crippen molar-refractivity contribution in [2.24, 2.45) is 4.99 Å². The molecule has 1 aliphatic heterocycles. The van der Waals surface area contributed by atoms with Crippen LogP contribution in [0.2, 0.25) is 0 Å². The summed E-state index contributed by atoms with van der Waals surface area (Å²) in [6.07, 6.45) is 5.49. The first-order valence-corrected chi connectivity index (χ1v) is 10.8. The predicted molar refractivity (Wildman–Crippen MR) is 134 cm³/mol. The summed E-state index contributed by atoms with van der Waals surface area (Å²) >= 11 is 0. The van der Waals surface area contributed by atoms with Crippen molar-refractivity contribution in [2.45, 2.75) is 52.2 Å². The molecule has 0 bridgehead atoms. The molecule has 0 amide bonds. The summed E-state index contributed by atoms with van der Waals surface area (Å²) in [5, 5.41) is 11.0. The molecule has 0 saturated carbocycles. The normalized spacial score (nSPS) is 13.4. The third-order valence-electron chi connectivity index (χ3n) is 5.38. The smallest absolute Gasteiger partial charge is 0.345 e. The molecule has 3 heterocycles. The molecule has 9 nitrogen and oxygen atoms in total. The second kappa shape index (κ2) is 11.3. The van der Waals surface area contributed by atoms with Gasteiger partial charge in [-0.25, -0.2) is 14.5 Å². The second-order valence-corrected chi connectivity index (χ2v) is 7.75. The molecule has 0 radical (unpaired) electrons. The Morgan fingerprint density at radius 2 is 2.03 bits per heavy atom. The van der Waals surface area contributed by atoms with Crippen LogP contribution < -0.4 is 16.3 Å². The maximum absolute atomic E-state index is 12.4. The van der Waals surface area contributed by atoms with Gasteiger partial charge in [0.2, 0.25) is 5.89 Å². The largest absolute Gasteiger partial charge is 0.444 e. The van der Waals surface area contributed by atoms with Gasteiger partial charge in [0.05, 0.1) is 12.2 Å². The zero-order valence-corrected chi connectivity index (χ0v) is 20.8. The van der Waals surface area contributed by atoms with Crippen molar-refractivity contribution in [3.8, 4) is 11.5 Å². The third-order valence-corrected chi connectivity index (χ3v) is 5.38. The number of hydrogen-bond acceptors (Lipinski definition) is 5. The van der Waals surface area contributed by atoms with Gasteiger partial charge < -0.3 is 15.1 Å². The lowest BCUT2D eigenvalue weighted by molar-refractivity contribution is 0.509. The van der Waals surface area contributed by atoms with Crippen molar-refractivity contribution >= 4 is 29.9 Å². The van der Waals surface area contributed by atoms with E-state index in [0.29, 0.717) is 31.5 Å². The number of fused-ring (bicyclic) bond motifs is 1. The molecule has 0 atom stereocenters. The topological polar surface area (TPSA) is 102 Å².